The maximum atomic E-state index is 12.6. The molecular formula is C20H24N2O4S. The number of ether oxygens (including phenoxy) is 1. The number of carbonyl (C=O) groups is 1. The minimum Gasteiger partial charge on any atom is -0.495 e. The van der Waals surface area contributed by atoms with Crippen LogP contribution in [0, 0.1) is 0 Å². The van der Waals surface area contributed by atoms with Crippen molar-refractivity contribution < 1.29 is 17.9 Å². The highest BCUT2D eigenvalue weighted by Crippen LogP contribution is 2.47. The van der Waals surface area contributed by atoms with E-state index in [1.165, 1.54) is 38.9 Å². The fraction of sp³-hybridized carbons (Fsp3) is 0.350. The summed E-state index contributed by atoms with van der Waals surface area (Å²) in [5, 5.41) is 2.96. The predicted octanol–water partition coefficient (Wildman–Crippen LogP) is 2.41. The number of nitrogens with zero attached hydrogens (tertiary/aromatic N) is 1. The molecule has 2 aromatic carbocycles. The Kier molecular flexibility index (Phi) is 5.26. The molecule has 0 unspecified atom stereocenters. The summed E-state index contributed by atoms with van der Waals surface area (Å²) in [7, 11) is 0.567. The molecule has 1 fully saturated rings. The largest absolute Gasteiger partial charge is 0.495 e. The van der Waals surface area contributed by atoms with Crippen molar-refractivity contribution in [3.05, 3.63) is 59.7 Å². The molecule has 1 aliphatic carbocycles. The summed E-state index contributed by atoms with van der Waals surface area (Å²) in [5.74, 6) is -0.0849. The summed E-state index contributed by atoms with van der Waals surface area (Å²) < 4.78 is 31.3. The number of hydrogen-bond donors (Lipinski definition) is 1. The molecule has 27 heavy (non-hydrogen) atoms. The van der Waals surface area contributed by atoms with Gasteiger partial charge in [0.15, 0.2) is 0 Å². The van der Waals surface area contributed by atoms with Crippen molar-refractivity contribution in [1.82, 2.24) is 9.62 Å². The van der Waals surface area contributed by atoms with Crippen molar-refractivity contribution in [1.29, 1.82) is 0 Å². The number of sulfonamides is 1. The third-order valence-corrected chi connectivity index (χ3v) is 6.85. The molecule has 2 aromatic rings. The minimum absolute atomic E-state index is 0.0120. The highest BCUT2D eigenvalue weighted by Gasteiger charge is 2.44. The van der Waals surface area contributed by atoms with Gasteiger partial charge in [0.25, 0.3) is 5.91 Å². The van der Waals surface area contributed by atoms with Crippen LogP contribution in [0.25, 0.3) is 0 Å². The Bertz CT molecular complexity index is 936. The van der Waals surface area contributed by atoms with Gasteiger partial charge < -0.3 is 10.1 Å². The monoisotopic (exact) mass is 388 g/mol. The van der Waals surface area contributed by atoms with E-state index in [2.05, 4.69) is 17.4 Å². The second-order valence-corrected chi connectivity index (χ2v) is 9.10. The summed E-state index contributed by atoms with van der Waals surface area (Å²) in [6.45, 7) is 0.525. The molecule has 0 spiro atoms. The molecule has 1 N–H and O–H groups in total. The van der Waals surface area contributed by atoms with Crippen molar-refractivity contribution in [3.63, 3.8) is 0 Å². The number of amides is 1. The SMILES string of the molecule is COc1ccc(C(=O)NCC2(c3ccccc3)CC2)cc1S(=O)(=O)N(C)C. The van der Waals surface area contributed by atoms with Gasteiger partial charge in [-0.15, -0.1) is 0 Å². The Hall–Kier alpha value is -2.38. The van der Waals surface area contributed by atoms with E-state index < -0.39 is 10.0 Å². The second kappa shape index (κ2) is 7.32. The summed E-state index contributed by atoms with van der Waals surface area (Å²) in [4.78, 5) is 12.6. The number of benzene rings is 2. The van der Waals surface area contributed by atoms with Gasteiger partial charge in [0.05, 0.1) is 7.11 Å². The van der Waals surface area contributed by atoms with Gasteiger partial charge in [0.1, 0.15) is 10.6 Å². The summed E-state index contributed by atoms with van der Waals surface area (Å²) in [6, 6.07) is 14.6. The van der Waals surface area contributed by atoms with E-state index >= 15 is 0 Å². The zero-order valence-electron chi connectivity index (χ0n) is 15.7. The quantitative estimate of drug-likeness (QED) is 0.790. The summed E-state index contributed by atoms with van der Waals surface area (Å²) in [5.41, 5.74) is 1.50. The van der Waals surface area contributed by atoms with Gasteiger partial charge in [0.2, 0.25) is 10.0 Å². The van der Waals surface area contributed by atoms with E-state index in [9.17, 15) is 13.2 Å². The van der Waals surface area contributed by atoms with Gasteiger partial charge in [-0.05, 0) is 36.6 Å². The van der Waals surface area contributed by atoms with Crippen LogP contribution in [0.15, 0.2) is 53.4 Å². The molecule has 0 saturated heterocycles. The van der Waals surface area contributed by atoms with Crippen LogP contribution < -0.4 is 10.1 Å². The number of carbonyl (C=O) groups excluding carboxylic acids is 1. The maximum absolute atomic E-state index is 12.6. The summed E-state index contributed by atoms with van der Waals surface area (Å²) in [6.07, 6.45) is 2.06. The average Bonchev–Trinajstić information content (AvgIpc) is 3.47. The zero-order valence-corrected chi connectivity index (χ0v) is 16.5. The number of rotatable bonds is 7. The Morgan fingerprint density at radius 1 is 1.15 bits per heavy atom. The van der Waals surface area contributed by atoms with Crippen molar-refractivity contribution >= 4 is 15.9 Å². The van der Waals surface area contributed by atoms with E-state index in [0.29, 0.717) is 12.1 Å². The van der Waals surface area contributed by atoms with Gasteiger partial charge in [-0.1, -0.05) is 30.3 Å². The number of nitrogens with one attached hydrogen (secondary N) is 1. The smallest absolute Gasteiger partial charge is 0.251 e. The molecule has 0 bridgehead atoms. The molecule has 144 valence electrons. The number of methoxy groups -OCH3 is 1. The molecule has 1 amide bonds. The third kappa shape index (κ3) is 3.84. The van der Waals surface area contributed by atoms with Crippen LogP contribution in [-0.4, -0.2) is 46.4 Å². The van der Waals surface area contributed by atoms with E-state index in [1.54, 1.807) is 6.07 Å². The van der Waals surface area contributed by atoms with Gasteiger partial charge in [-0.25, -0.2) is 12.7 Å². The van der Waals surface area contributed by atoms with Gasteiger partial charge >= 0.3 is 0 Å². The van der Waals surface area contributed by atoms with Crippen molar-refractivity contribution in [3.8, 4) is 5.75 Å². The van der Waals surface area contributed by atoms with Gasteiger partial charge in [-0.3, -0.25) is 4.79 Å². The Morgan fingerprint density at radius 3 is 2.37 bits per heavy atom. The summed E-state index contributed by atoms with van der Waals surface area (Å²) >= 11 is 0. The molecule has 0 heterocycles. The van der Waals surface area contributed by atoms with Crippen molar-refractivity contribution in [2.75, 3.05) is 27.7 Å². The van der Waals surface area contributed by atoms with Crippen LogP contribution in [-0.2, 0) is 15.4 Å². The molecule has 3 rings (SSSR count). The van der Waals surface area contributed by atoms with Crippen LogP contribution in [0.1, 0.15) is 28.8 Å². The van der Waals surface area contributed by atoms with Crippen molar-refractivity contribution in [2.45, 2.75) is 23.2 Å². The topological polar surface area (TPSA) is 75.7 Å². The molecule has 6 nitrogen and oxygen atoms in total. The van der Waals surface area contributed by atoms with Crippen LogP contribution in [0.5, 0.6) is 5.75 Å². The van der Waals surface area contributed by atoms with Crippen LogP contribution >= 0.6 is 0 Å². The van der Waals surface area contributed by atoms with Gasteiger partial charge in [0, 0.05) is 31.6 Å². The van der Waals surface area contributed by atoms with Gasteiger partial charge in [-0.2, -0.15) is 0 Å². The van der Waals surface area contributed by atoms with E-state index in [4.69, 9.17) is 4.74 Å². The highest BCUT2D eigenvalue weighted by molar-refractivity contribution is 7.89. The first-order valence-electron chi connectivity index (χ1n) is 8.74. The lowest BCUT2D eigenvalue weighted by Gasteiger charge is -2.18. The molecule has 0 aromatic heterocycles. The minimum atomic E-state index is -3.72. The molecule has 1 aliphatic rings. The predicted molar refractivity (Wildman–Crippen MR) is 104 cm³/mol. The lowest BCUT2D eigenvalue weighted by atomic mass is 9.96. The van der Waals surface area contributed by atoms with Crippen molar-refractivity contribution in [2.24, 2.45) is 0 Å². The van der Waals surface area contributed by atoms with Crippen LogP contribution in [0.3, 0.4) is 0 Å². The molecule has 7 heteroatoms. The van der Waals surface area contributed by atoms with E-state index in [1.807, 2.05) is 18.2 Å². The molecule has 0 aliphatic heterocycles. The number of hydrogen-bond acceptors (Lipinski definition) is 4. The average molecular weight is 388 g/mol. The first-order valence-corrected chi connectivity index (χ1v) is 10.2. The first-order chi connectivity index (χ1) is 12.8. The fourth-order valence-corrected chi connectivity index (χ4v) is 4.15. The Morgan fingerprint density at radius 2 is 1.81 bits per heavy atom. The van der Waals surface area contributed by atoms with E-state index in [0.717, 1.165) is 17.1 Å². The lowest BCUT2D eigenvalue weighted by molar-refractivity contribution is 0.0949. The Balaban J connectivity index is 1.80. The molecule has 1 saturated carbocycles. The standard InChI is InChI=1S/C20H24N2O4S/c1-22(2)27(24,25)18-13-15(9-10-17(18)26-3)19(23)21-14-20(11-12-20)16-7-5-4-6-8-16/h4-10,13H,11-12,14H2,1-3H3,(H,21,23). The second-order valence-electron chi connectivity index (χ2n) is 6.98. The maximum Gasteiger partial charge on any atom is 0.251 e. The van der Waals surface area contributed by atoms with Crippen LogP contribution in [0.4, 0.5) is 0 Å². The Labute approximate surface area is 160 Å². The first kappa shape index (κ1) is 19.4. The normalized spacial score (nSPS) is 15.4. The fourth-order valence-electron chi connectivity index (χ4n) is 3.08. The lowest BCUT2D eigenvalue weighted by Crippen LogP contribution is -2.32. The zero-order chi connectivity index (χ0) is 19.7. The van der Waals surface area contributed by atoms with E-state index in [-0.39, 0.29) is 22.0 Å². The third-order valence-electron chi connectivity index (χ3n) is 5.01. The molecule has 0 radical (unpaired) electrons. The molecule has 0 atom stereocenters. The molecular weight excluding hydrogens is 364 g/mol. The van der Waals surface area contributed by atoms with Crippen LogP contribution in [0.2, 0.25) is 0 Å². The highest BCUT2D eigenvalue weighted by atomic mass is 32.2.